The van der Waals surface area contributed by atoms with Gasteiger partial charge in [-0.25, -0.2) is 0 Å². The molecule has 0 radical (unpaired) electrons. The number of hydrogen-bond acceptors (Lipinski definition) is 1. The van der Waals surface area contributed by atoms with E-state index in [0.717, 1.165) is 32.1 Å². The first kappa shape index (κ1) is 18.2. The molecule has 120 valence electrons. The fraction of sp³-hybridized carbons (Fsp3) is 0.700. The summed E-state index contributed by atoms with van der Waals surface area (Å²) in [6.07, 6.45) is 15.4. The standard InChI is InChI=1S/C20H34O/c1-16(2)19-12-11-18(4)9-6-8-17(3)10-7-14-20(5,21)15-13-19/h9-10,13,15-16,19,21H,6-8,11-12,14H2,1-5H3/b15-13?,17-10+,18-9-. The summed E-state index contributed by atoms with van der Waals surface area (Å²) in [5, 5.41) is 10.5. The molecule has 0 amide bonds. The zero-order valence-corrected chi connectivity index (χ0v) is 14.7. The second-order valence-electron chi connectivity index (χ2n) is 7.34. The molecular formula is C20H34O. The highest BCUT2D eigenvalue weighted by Crippen LogP contribution is 2.25. The van der Waals surface area contributed by atoms with Crippen molar-refractivity contribution < 1.29 is 5.11 Å². The van der Waals surface area contributed by atoms with Gasteiger partial charge in [-0.15, -0.1) is 0 Å². The van der Waals surface area contributed by atoms with E-state index in [-0.39, 0.29) is 0 Å². The lowest BCUT2D eigenvalue weighted by Crippen LogP contribution is -2.21. The second kappa shape index (κ2) is 8.58. The van der Waals surface area contributed by atoms with Crippen molar-refractivity contribution in [3.8, 4) is 0 Å². The molecule has 1 heteroatoms. The number of rotatable bonds is 1. The van der Waals surface area contributed by atoms with Gasteiger partial charge in [0.25, 0.3) is 0 Å². The first-order valence-electron chi connectivity index (χ1n) is 8.53. The highest BCUT2D eigenvalue weighted by molar-refractivity contribution is 5.08. The van der Waals surface area contributed by atoms with Crippen molar-refractivity contribution in [3.63, 3.8) is 0 Å². The Bertz CT molecular complexity index is 396. The second-order valence-corrected chi connectivity index (χ2v) is 7.34. The Morgan fingerprint density at radius 2 is 1.71 bits per heavy atom. The molecule has 2 unspecified atom stereocenters. The summed E-state index contributed by atoms with van der Waals surface area (Å²) in [7, 11) is 0. The summed E-state index contributed by atoms with van der Waals surface area (Å²) in [4.78, 5) is 0. The van der Waals surface area contributed by atoms with Crippen LogP contribution in [-0.2, 0) is 0 Å². The van der Waals surface area contributed by atoms with E-state index in [4.69, 9.17) is 0 Å². The van der Waals surface area contributed by atoms with Crippen LogP contribution in [0.3, 0.4) is 0 Å². The van der Waals surface area contributed by atoms with E-state index in [1.54, 1.807) is 0 Å². The van der Waals surface area contributed by atoms with Crippen molar-refractivity contribution in [3.05, 3.63) is 35.5 Å². The van der Waals surface area contributed by atoms with Crippen LogP contribution in [0.25, 0.3) is 0 Å². The summed E-state index contributed by atoms with van der Waals surface area (Å²) >= 11 is 0. The Labute approximate surface area is 131 Å². The van der Waals surface area contributed by atoms with Gasteiger partial charge in [0.2, 0.25) is 0 Å². The average Bonchev–Trinajstić information content (AvgIpc) is 2.37. The predicted octanol–water partition coefficient (Wildman–Crippen LogP) is 5.81. The molecule has 0 aliphatic heterocycles. The Balaban J connectivity index is 2.87. The monoisotopic (exact) mass is 290 g/mol. The Hall–Kier alpha value is -0.820. The lowest BCUT2D eigenvalue weighted by atomic mass is 9.87. The Morgan fingerprint density at radius 3 is 2.38 bits per heavy atom. The summed E-state index contributed by atoms with van der Waals surface area (Å²) in [5.74, 6) is 1.18. The fourth-order valence-electron chi connectivity index (χ4n) is 2.82. The van der Waals surface area contributed by atoms with Gasteiger partial charge in [-0.1, -0.05) is 49.3 Å². The van der Waals surface area contributed by atoms with Gasteiger partial charge < -0.3 is 5.11 Å². The smallest absolute Gasteiger partial charge is 0.0802 e. The van der Waals surface area contributed by atoms with Crippen molar-refractivity contribution in [2.45, 2.75) is 78.7 Å². The lowest BCUT2D eigenvalue weighted by molar-refractivity contribution is 0.102. The maximum absolute atomic E-state index is 10.5. The van der Waals surface area contributed by atoms with Gasteiger partial charge in [-0.05, 0) is 71.1 Å². The summed E-state index contributed by atoms with van der Waals surface area (Å²) in [5.41, 5.74) is 2.26. The number of allylic oxidation sites excluding steroid dienone is 5. The van der Waals surface area contributed by atoms with E-state index in [0.29, 0.717) is 11.8 Å². The van der Waals surface area contributed by atoms with Gasteiger partial charge in [0.1, 0.15) is 0 Å². The third kappa shape index (κ3) is 7.66. The first-order chi connectivity index (χ1) is 9.80. The highest BCUT2D eigenvalue weighted by Gasteiger charge is 2.17. The van der Waals surface area contributed by atoms with Gasteiger partial charge in [-0.3, -0.25) is 0 Å². The minimum absolute atomic E-state index is 0.556. The molecule has 0 bridgehead atoms. The van der Waals surface area contributed by atoms with E-state index >= 15 is 0 Å². The Morgan fingerprint density at radius 1 is 1.10 bits per heavy atom. The van der Waals surface area contributed by atoms with Crippen LogP contribution in [-0.4, -0.2) is 10.7 Å². The molecule has 0 heterocycles. The van der Waals surface area contributed by atoms with Crippen LogP contribution in [0.15, 0.2) is 35.5 Å². The summed E-state index contributed by atoms with van der Waals surface area (Å²) in [6.45, 7) is 10.9. The number of hydrogen-bond donors (Lipinski definition) is 1. The largest absolute Gasteiger partial charge is 0.386 e. The number of aliphatic hydroxyl groups is 1. The van der Waals surface area contributed by atoms with Crippen molar-refractivity contribution in [2.75, 3.05) is 0 Å². The van der Waals surface area contributed by atoms with Crippen LogP contribution in [0.5, 0.6) is 0 Å². The van der Waals surface area contributed by atoms with Crippen LogP contribution < -0.4 is 0 Å². The van der Waals surface area contributed by atoms with E-state index in [1.165, 1.54) is 17.6 Å². The molecule has 0 spiro atoms. The van der Waals surface area contributed by atoms with Gasteiger partial charge in [0.05, 0.1) is 5.60 Å². The Kier molecular flexibility index (Phi) is 7.45. The molecule has 1 rings (SSSR count). The predicted molar refractivity (Wildman–Crippen MR) is 93.3 cm³/mol. The molecule has 21 heavy (non-hydrogen) atoms. The minimum atomic E-state index is -0.682. The molecular weight excluding hydrogens is 256 g/mol. The average molecular weight is 290 g/mol. The van der Waals surface area contributed by atoms with Crippen LogP contribution in [0.4, 0.5) is 0 Å². The van der Waals surface area contributed by atoms with E-state index < -0.39 is 5.60 Å². The molecule has 2 atom stereocenters. The molecule has 0 saturated carbocycles. The molecule has 1 aliphatic rings. The maximum Gasteiger partial charge on any atom is 0.0802 e. The molecule has 0 fully saturated rings. The molecule has 1 aliphatic carbocycles. The summed E-state index contributed by atoms with van der Waals surface area (Å²) in [6, 6.07) is 0. The van der Waals surface area contributed by atoms with Gasteiger partial charge in [-0.2, -0.15) is 0 Å². The van der Waals surface area contributed by atoms with Crippen molar-refractivity contribution in [1.29, 1.82) is 0 Å². The normalized spacial score (nSPS) is 34.7. The van der Waals surface area contributed by atoms with Crippen LogP contribution >= 0.6 is 0 Å². The zero-order chi connectivity index (χ0) is 15.9. The fourth-order valence-corrected chi connectivity index (χ4v) is 2.82. The van der Waals surface area contributed by atoms with Crippen LogP contribution in [0.2, 0.25) is 0 Å². The van der Waals surface area contributed by atoms with Crippen LogP contribution in [0, 0.1) is 11.8 Å². The molecule has 0 saturated heterocycles. The quantitative estimate of drug-likeness (QED) is 0.604. The molecule has 1 nitrogen and oxygen atoms in total. The van der Waals surface area contributed by atoms with E-state index in [9.17, 15) is 5.11 Å². The van der Waals surface area contributed by atoms with Gasteiger partial charge in [0.15, 0.2) is 0 Å². The van der Waals surface area contributed by atoms with Crippen molar-refractivity contribution in [2.24, 2.45) is 11.8 Å². The SMILES string of the molecule is C/C1=C/CC/C(C)=C/CCC(C)(O)C=CC(C(C)C)CC1. The molecule has 0 aromatic rings. The van der Waals surface area contributed by atoms with Crippen LogP contribution in [0.1, 0.15) is 73.1 Å². The van der Waals surface area contributed by atoms with Crippen molar-refractivity contribution >= 4 is 0 Å². The van der Waals surface area contributed by atoms with Gasteiger partial charge >= 0.3 is 0 Å². The van der Waals surface area contributed by atoms with E-state index in [2.05, 4.69) is 45.9 Å². The summed E-state index contributed by atoms with van der Waals surface area (Å²) < 4.78 is 0. The molecule has 0 aromatic heterocycles. The zero-order valence-electron chi connectivity index (χ0n) is 14.7. The maximum atomic E-state index is 10.5. The lowest BCUT2D eigenvalue weighted by Gasteiger charge is -2.22. The molecule has 1 N–H and O–H groups in total. The topological polar surface area (TPSA) is 20.2 Å². The molecule has 0 aromatic carbocycles. The third-order valence-electron chi connectivity index (χ3n) is 4.61. The minimum Gasteiger partial charge on any atom is -0.386 e. The third-order valence-corrected chi connectivity index (χ3v) is 4.61. The van der Waals surface area contributed by atoms with Gasteiger partial charge in [0, 0.05) is 0 Å². The van der Waals surface area contributed by atoms with E-state index in [1.807, 2.05) is 13.0 Å². The highest BCUT2D eigenvalue weighted by atomic mass is 16.3. The van der Waals surface area contributed by atoms with Crippen molar-refractivity contribution in [1.82, 2.24) is 0 Å². The first-order valence-corrected chi connectivity index (χ1v) is 8.53.